The molecular weight excluding hydrogens is 386 g/mol. The maximum absolute atomic E-state index is 12.5. The highest BCUT2D eigenvalue weighted by Gasteiger charge is 2.26. The average molecular weight is 408 g/mol. The number of carbonyl (C=O) groups is 2. The Balaban J connectivity index is 1.49. The van der Waals surface area contributed by atoms with Crippen LogP contribution in [0.5, 0.6) is 0 Å². The Hall–Kier alpha value is -1.51. The molecule has 1 aliphatic heterocycles. The van der Waals surface area contributed by atoms with Crippen molar-refractivity contribution in [3.8, 4) is 0 Å². The Morgan fingerprint density at radius 1 is 1.38 bits per heavy atom. The maximum atomic E-state index is 12.5. The van der Waals surface area contributed by atoms with E-state index in [1.54, 1.807) is 21.1 Å². The van der Waals surface area contributed by atoms with E-state index >= 15 is 0 Å². The number of fused-ring (bicyclic) bond motifs is 1. The van der Waals surface area contributed by atoms with Crippen LogP contribution in [0.15, 0.2) is 24.3 Å². The number of unbranched alkanes of at least 4 members (excludes halogenated alkanes) is 1. The molecule has 1 fully saturated rings. The molecule has 0 N–H and O–H groups in total. The van der Waals surface area contributed by atoms with E-state index in [4.69, 9.17) is 12.2 Å². The summed E-state index contributed by atoms with van der Waals surface area (Å²) in [6, 6.07) is 7.96. The number of hydrogen-bond donors (Lipinski definition) is 0. The topological polar surface area (TPSA) is 53.5 Å². The molecule has 2 aromatic rings. The minimum absolute atomic E-state index is 0.0518. The summed E-state index contributed by atoms with van der Waals surface area (Å²) >= 11 is 8.21. The van der Waals surface area contributed by atoms with Crippen molar-refractivity contribution in [2.45, 2.75) is 32.2 Å². The van der Waals surface area contributed by atoms with Gasteiger partial charge in [0.1, 0.15) is 9.33 Å². The minimum atomic E-state index is -0.0518. The predicted octanol–water partition coefficient (Wildman–Crippen LogP) is 3.85. The summed E-state index contributed by atoms with van der Waals surface area (Å²) in [5, 5.41) is 0.951. The summed E-state index contributed by atoms with van der Waals surface area (Å²) in [7, 11) is 1.83. The SMILES string of the molecule is C[C@H](c1nc2ccccc2s1)N(C)C(=O)CCCCN1C(=O)CSC1=S. The Labute approximate surface area is 166 Å². The first-order valence-corrected chi connectivity index (χ1v) is 10.8. The molecule has 1 aromatic carbocycles. The van der Waals surface area contributed by atoms with E-state index in [0.717, 1.165) is 28.1 Å². The van der Waals surface area contributed by atoms with Gasteiger partial charge in [-0.25, -0.2) is 4.98 Å². The number of thiazole rings is 1. The van der Waals surface area contributed by atoms with Gasteiger partial charge >= 0.3 is 0 Å². The Bertz CT molecular complexity index is 787. The van der Waals surface area contributed by atoms with Gasteiger partial charge in [0.25, 0.3) is 0 Å². The number of nitrogens with zero attached hydrogens (tertiary/aromatic N) is 3. The fraction of sp³-hybridized carbons (Fsp3) is 0.444. The highest BCUT2D eigenvalue weighted by molar-refractivity contribution is 8.23. The monoisotopic (exact) mass is 407 g/mol. The molecule has 1 saturated heterocycles. The number of amides is 2. The van der Waals surface area contributed by atoms with Gasteiger partial charge in [0.2, 0.25) is 11.8 Å². The average Bonchev–Trinajstić information content (AvgIpc) is 3.21. The first kappa shape index (κ1) is 19.3. The molecule has 1 aromatic heterocycles. The molecule has 1 atom stereocenters. The standard InChI is InChI=1S/C18H21N3O2S3/c1-12(17-19-13-7-3-4-8-14(13)26-17)20(2)15(22)9-5-6-10-21-16(23)11-25-18(21)24/h3-4,7-8,12H,5-6,9-11H2,1-2H3/t12-/m1/s1. The summed E-state index contributed by atoms with van der Waals surface area (Å²) < 4.78 is 1.79. The van der Waals surface area contributed by atoms with Gasteiger partial charge in [-0.15, -0.1) is 11.3 Å². The Kier molecular flexibility index (Phi) is 6.26. The number of thiocarbonyl (C=S) groups is 1. The van der Waals surface area contributed by atoms with Crippen molar-refractivity contribution in [3.05, 3.63) is 29.3 Å². The fourth-order valence-electron chi connectivity index (χ4n) is 2.77. The first-order valence-electron chi connectivity index (χ1n) is 8.55. The Morgan fingerprint density at radius 2 is 2.15 bits per heavy atom. The molecule has 26 heavy (non-hydrogen) atoms. The van der Waals surface area contributed by atoms with Crippen molar-refractivity contribution in [3.63, 3.8) is 0 Å². The second-order valence-corrected chi connectivity index (χ2v) is 8.93. The molecule has 2 amide bonds. The third-order valence-electron chi connectivity index (χ3n) is 4.51. The maximum Gasteiger partial charge on any atom is 0.238 e. The van der Waals surface area contributed by atoms with Gasteiger partial charge in [0.15, 0.2) is 0 Å². The molecule has 0 spiro atoms. The minimum Gasteiger partial charge on any atom is -0.337 e. The molecule has 0 radical (unpaired) electrons. The summed E-state index contributed by atoms with van der Waals surface area (Å²) in [6.45, 7) is 2.61. The van der Waals surface area contributed by atoms with Crippen LogP contribution in [0.1, 0.15) is 37.2 Å². The second-order valence-electron chi connectivity index (χ2n) is 6.26. The number of thioether (sulfide) groups is 1. The quantitative estimate of drug-likeness (QED) is 0.515. The van der Waals surface area contributed by atoms with Crippen LogP contribution in [-0.2, 0) is 9.59 Å². The number of benzene rings is 1. The van der Waals surface area contributed by atoms with Gasteiger partial charge in [-0.3, -0.25) is 14.5 Å². The van der Waals surface area contributed by atoms with E-state index in [0.29, 0.717) is 23.0 Å². The third-order valence-corrected chi connectivity index (χ3v) is 7.14. The first-order chi connectivity index (χ1) is 12.5. The van der Waals surface area contributed by atoms with E-state index in [2.05, 4.69) is 4.98 Å². The largest absolute Gasteiger partial charge is 0.337 e. The zero-order chi connectivity index (χ0) is 18.7. The third kappa shape index (κ3) is 4.24. The van der Waals surface area contributed by atoms with Gasteiger partial charge in [-0.1, -0.05) is 36.1 Å². The van der Waals surface area contributed by atoms with E-state index in [1.165, 1.54) is 11.8 Å². The number of carbonyl (C=O) groups excluding carboxylic acids is 2. The van der Waals surface area contributed by atoms with Crippen LogP contribution in [-0.4, -0.2) is 50.3 Å². The van der Waals surface area contributed by atoms with Gasteiger partial charge in [0.05, 0.1) is 22.0 Å². The van der Waals surface area contributed by atoms with Gasteiger partial charge in [-0.2, -0.15) is 0 Å². The predicted molar refractivity (Wildman–Crippen MR) is 111 cm³/mol. The van der Waals surface area contributed by atoms with Crippen molar-refractivity contribution in [2.24, 2.45) is 0 Å². The zero-order valence-electron chi connectivity index (χ0n) is 14.8. The molecular formula is C18H21N3O2S3. The van der Waals surface area contributed by atoms with Crippen molar-refractivity contribution >= 4 is 61.7 Å². The molecule has 2 heterocycles. The summed E-state index contributed by atoms with van der Waals surface area (Å²) in [6.07, 6.45) is 1.99. The van der Waals surface area contributed by atoms with Crippen molar-refractivity contribution in [1.82, 2.24) is 14.8 Å². The zero-order valence-corrected chi connectivity index (χ0v) is 17.3. The smallest absolute Gasteiger partial charge is 0.238 e. The van der Waals surface area contributed by atoms with E-state index in [-0.39, 0.29) is 17.9 Å². The van der Waals surface area contributed by atoms with Crippen LogP contribution in [0.3, 0.4) is 0 Å². The lowest BCUT2D eigenvalue weighted by atomic mass is 10.2. The lowest BCUT2D eigenvalue weighted by Crippen LogP contribution is -2.31. The van der Waals surface area contributed by atoms with E-state index < -0.39 is 0 Å². The summed E-state index contributed by atoms with van der Waals surface area (Å²) in [5.74, 6) is 0.620. The molecule has 138 valence electrons. The van der Waals surface area contributed by atoms with Crippen LogP contribution in [0.4, 0.5) is 0 Å². The second kappa shape index (κ2) is 8.45. The lowest BCUT2D eigenvalue weighted by molar-refractivity contribution is -0.131. The number of para-hydroxylation sites is 1. The van der Waals surface area contributed by atoms with Crippen LogP contribution in [0.2, 0.25) is 0 Å². The van der Waals surface area contributed by atoms with Crippen molar-refractivity contribution in [2.75, 3.05) is 19.3 Å². The van der Waals surface area contributed by atoms with Crippen LogP contribution < -0.4 is 0 Å². The van der Waals surface area contributed by atoms with Gasteiger partial charge in [-0.05, 0) is 31.9 Å². The molecule has 1 aliphatic rings. The molecule has 0 bridgehead atoms. The number of hydrogen-bond acceptors (Lipinski definition) is 6. The summed E-state index contributed by atoms with van der Waals surface area (Å²) in [5.41, 5.74) is 0.976. The van der Waals surface area contributed by atoms with E-state index in [9.17, 15) is 9.59 Å². The normalized spacial score (nSPS) is 15.7. The van der Waals surface area contributed by atoms with Gasteiger partial charge in [0, 0.05) is 20.0 Å². The number of aromatic nitrogens is 1. The number of rotatable bonds is 7. The molecule has 5 nitrogen and oxygen atoms in total. The Morgan fingerprint density at radius 3 is 2.85 bits per heavy atom. The van der Waals surface area contributed by atoms with Crippen LogP contribution >= 0.6 is 35.3 Å². The fourth-order valence-corrected chi connectivity index (χ4v) is 4.95. The van der Waals surface area contributed by atoms with Crippen LogP contribution in [0, 0.1) is 0 Å². The summed E-state index contributed by atoms with van der Waals surface area (Å²) in [4.78, 5) is 32.2. The van der Waals surface area contributed by atoms with E-state index in [1.807, 2.05) is 38.2 Å². The van der Waals surface area contributed by atoms with Crippen molar-refractivity contribution in [1.29, 1.82) is 0 Å². The highest BCUT2D eigenvalue weighted by Crippen LogP contribution is 2.29. The molecule has 0 aliphatic carbocycles. The van der Waals surface area contributed by atoms with Crippen LogP contribution in [0.25, 0.3) is 10.2 Å². The molecule has 0 saturated carbocycles. The van der Waals surface area contributed by atoms with Gasteiger partial charge < -0.3 is 4.90 Å². The lowest BCUT2D eigenvalue weighted by Gasteiger charge is -2.23. The molecule has 0 unspecified atom stereocenters. The molecule has 8 heteroatoms. The highest BCUT2D eigenvalue weighted by atomic mass is 32.2. The van der Waals surface area contributed by atoms with Crippen molar-refractivity contribution < 1.29 is 9.59 Å². The molecule has 3 rings (SSSR count).